The predicted octanol–water partition coefficient (Wildman–Crippen LogP) is 7.87. The van der Waals surface area contributed by atoms with Gasteiger partial charge in [0.25, 0.3) is 11.8 Å². The summed E-state index contributed by atoms with van der Waals surface area (Å²) in [5.74, 6) is -0.618. The van der Waals surface area contributed by atoms with E-state index in [0.29, 0.717) is 35.9 Å². The number of carbonyl (C=O) groups excluding carboxylic acids is 4. The molecule has 4 heterocycles. The van der Waals surface area contributed by atoms with Crippen molar-refractivity contribution in [3.63, 3.8) is 0 Å². The van der Waals surface area contributed by atoms with Crippen LogP contribution < -0.4 is 0 Å². The Hall–Kier alpha value is -6.68. The third-order valence-corrected chi connectivity index (χ3v) is 10.7. The average molecular weight is 713 g/mol. The molecule has 7 aromatic rings. The monoisotopic (exact) mass is 712 g/mol. The molecule has 0 spiro atoms. The van der Waals surface area contributed by atoms with E-state index in [1.807, 2.05) is 36.4 Å². The van der Waals surface area contributed by atoms with Crippen molar-refractivity contribution in [1.82, 2.24) is 29.7 Å². The van der Waals surface area contributed by atoms with Gasteiger partial charge in [-0.15, -0.1) is 0 Å². The number of amides is 2. The van der Waals surface area contributed by atoms with Crippen molar-refractivity contribution < 1.29 is 19.2 Å². The average Bonchev–Trinajstić information content (AvgIpc) is 4.05. The SMILES string of the molecule is O=C(C(=O)N1CCC[C@H]1c1nc2ccc(-c3ccc(-c4ccc5nc([C@@H]6CCCN6C(=O)C(=O)c6ccccc6)[nH]c5c4)cc3)cc2[nH]1)c1ccccc1. The van der Waals surface area contributed by atoms with Gasteiger partial charge in [-0.1, -0.05) is 97.1 Å². The van der Waals surface area contributed by atoms with Gasteiger partial charge in [-0.25, -0.2) is 9.97 Å². The van der Waals surface area contributed by atoms with Gasteiger partial charge >= 0.3 is 0 Å². The lowest BCUT2D eigenvalue weighted by Crippen LogP contribution is -2.36. The van der Waals surface area contributed by atoms with Gasteiger partial charge in [-0.05, 0) is 72.2 Å². The number of nitrogens with one attached hydrogen (secondary N) is 2. The fourth-order valence-electron chi connectivity index (χ4n) is 7.86. The third-order valence-electron chi connectivity index (χ3n) is 10.7. The molecule has 2 aromatic heterocycles. The molecule has 0 radical (unpaired) electrons. The van der Waals surface area contributed by atoms with Crippen LogP contribution >= 0.6 is 0 Å². The molecule has 2 fully saturated rings. The molecule has 266 valence electrons. The second-order valence-electron chi connectivity index (χ2n) is 14.0. The molecule has 5 aromatic carbocycles. The highest BCUT2D eigenvalue weighted by atomic mass is 16.2. The maximum atomic E-state index is 13.2. The van der Waals surface area contributed by atoms with Crippen LogP contribution in [-0.2, 0) is 9.59 Å². The summed E-state index contributed by atoms with van der Waals surface area (Å²) in [6, 6.07) is 37.4. The number of likely N-dealkylation sites (tertiary alicyclic amines) is 2. The summed E-state index contributed by atoms with van der Waals surface area (Å²) in [7, 11) is 0. The molecule has 2 N–H and O–H groups in total. The van der Waals surface area contributed by atoms with Gasteiger partial charge in [0.05, 0.1) is 34.2 Å². The van der Waals surface area contributed by atoms with E-state index in [1.165, 1.54) is 0 Å². The molecule has 0 bridgehead atoms. The van der Waals surface area contributed by atoms with E-state index in [0.717, 1.165) is 70.0 Å². The first-order valence-corrected chi connectivity index (χ1v) is 18.3. The molecule has 0 saturated carbocycles. The number of benzene rings is 5. The van der Waals surface area contributed by atoms with E-state index in [-0.39, 0.29) is 12.1 Å². The van der Waals surface area contributed by atoms with E-state index >= 15 is 0 Å². The largest absolute Gasteiger partial charge is 0.340 e. The number of carbonyl (C=O) groups is 4. The number of nitrogens with zero attached hydrogens (tertiary/aromatic N) is 4. The number of aromatic nitrogens is 4. The zero-order valence-electron chi connectivity index (χ0n) is 29.4. The first kappa shape index (κ1) is 33.2. The van der Waals surface area contributed by atoms with Crippen LogP contribution in [0.4, 0.5) is 0 Å². The first-order valence-electron chi connectivity index (χ1n) is 18.3. The summed E-state index contributed by atoms with van der Waals surface area (Å²) in [5, 5.41) is 0. The smallest absolute Gasteiger partial charge is 0.295 e. The molecule has 2 aliphatic rings. The number of hydrogen-bond acceptors (Lipinski definition) is 6. The zero-order chi connectivity index (χ0) is 36.8. The number of rotatable bonds is 8. The van der Waals surface area contributed by atoms with Crippen LogP contribution in [0.3, 0.4) is 0 Å². The van der Waals surface area contributed by atoms with Crippen molar-refractivity contribution in [1.29, 1.82) is 0 Å². The van der Waals surface area contributed by atoms with Gasteiger partial charge < -0.3 is 19.8 Å². The van der Waals surface area contributed by atoms with Crippen LogP contribution in [0.1, 0.15) is 70.1 Å². The lowest BCUT2D eigenvalue weighted by Gasteiger charge is -2.22. The Morgan fingerprint density at radius 1 is 0.500 bits per heavy atom. The summed E-state index contributed by atoms with van der Waals surface area (Å²) in [5.41, 5.74) is 8.27. The van der Waals surface area contributed by atoms with E-state index in [4.69, 9.17) is 9.97 Å². The van der Waals surface area contributed by atoms with Crippen LogP contribution in [0.5, 0.6) is 0 Å². The van der Waals surface area contributed by atoms with E-state index in [9.17, 15) is 19.2 Å². The van der Waals surface area contributed by atoms with Gasteiger partial charge in [0.1, 0.15) is 11.6 Å². The zero-order valence-corrected chi connectivity index (χ0v) is 29.4. The summed E-state index contributed by atoms with van der Waals surface area (Å²) < 4.78 is 0. The van der Waals surface area contributed by atoms with Crippen molar-refractivity contribution in [3.8, 4) is 22.3 Å². The van der Waals surface area contributed by atoms with Gasteiger partial charge in [0.15, 0.2) is 0 Å². The molecule has 10 nitrogen and oxygen atoms in total. The maximum absolute atomic E-state index is 13.2. The number of fused-ring (bicyclic) bond motifs is 2. The van der Waals surface area contributed by atoms with Crippen molar-refractivity contribution in [2.45, 2.75) is 37.8 Å². The van der Waals surface area contributed by atoms with Crippen molar-refractivity contribution in [2.24, 2.45) is 0 Å². The number of Topliss-reactive ketones (excluding diaryl/α,β-unsaturated/α-hetero) is 2. The lowest BCUT2D eigenvalue weighted by atomic mass is 10.00. The predicted molar refractivity (Wildman–Crippen MR) is 206 cm³/mol. The Balaban J connectivity index is 0.912. The topological polar surface area (TPSA) is 132 Å². The fraction of sp³-hybridized carbons (Fsp3) is 0.182. The van der Waals surface area contributed by atoms with Crippen LogP contribution in [-0.4, -0.2) is 66.2 Å². The van der Waals surface area contributed by atoms with E-state index < -0.39 is 23.4 Å². The molecule has 2 amide bonds. The van der Waals surface area contributed by atoms with E-state index in [1.54, 1.807) is 58.3 Å². The van der Waals surface area contributed by atoms with Crippen molar-refractivity contribution in [2.75, 3.05) is 13.1 Å². The highest BCUT2D eigenvalue weighted by Gasteiger charge is 2.37. The molecule has 9 rings (SSSR count). The normalized spacial score (nSPS) is 17.0. The molecular weight excluding hydrogens is 677 g/mol. The minimum absolute atomic E-state index is 0.285. The number of H-pyrrole nitrogens is 2. The Bertz CT molecular complexity index is 2380. The van der Waals surface area contributed by atoms with Gasteiger partial charge in [-0.3, -0.25) is 19.2 Å². The van der Waals surface area contributed by atoms with Gasteiger partial charge in [0.2, 0.25) is 11.6 Å². The molecule has 2 atom stereocenters. The summed E-state index contributed by atoms with van der Waals surface area (Å²) in [6.07, 6.45) is 3.09. The van der Waals surface area contributed by atoms with Crippen LogP contribution in [0, 0.1) is 0 Å². The number of imidazole rings is 2. The summed E-state index contributed by atoms with van der Waals surface area (Å²) in [6.45, 7) is 1.03. The van der Waals surface area contributed by atoms with Gasteiger partial charge in [-0.2, -0.15) is 0 Å². The molecule has 10 heteroatoms. The maximum Gasteiger partial charge on any atom is 0.295 e. The molecular formula is C44H36N6O4. The first-order chi connectivity index (χ1) is 26.4. The number of hydrogen-bond donors (Lipinski definition) is 2. The Labute approximate surface area is 310 Å². The fourth-order valence-corrected chi connectivity index (χ4v) is 7.86. The quantitative estimate of drug-likeness (QED) is 0.122. The molecule has 0 unspecified atom stereocenters. The Kier molecular flexibility index (Phi) is 8.42. The lowest BCUT2D eigenvalue weighted by molar-refractivity contribution is -0.128. The summed E-state index contributed by atoms with van der Waals surface area (Å²) >= 11 is 0. The second-order valence-corrected chi connectivity index (χ2v) is 14.0. The van der Waals surface area contributed by atoms with Crippen molar-refractivity contribution in [3.05, 3.63) is 144 Å². The number of aromatic amines is 2. The van der Waals surface area contributed by atoms with E-state index in [2.05, 4.69) is 46.4 Å². The van der Waals surface area contributed by atoms with Crippen LogP contribution in [0.15, 0.2) is 121 Å². The summed E-state index contributed by atoms with van der Waals surface area (Å²) in [4.78, 5) is 72.2. The van der Waals surface area contributed by atoms with Crippen LogP contribution in [0.2, 0.25) is 0 Å². The minimum atomic E-state index is -0.499. The number of ketones is 2. The molecule has 54 heavy (non-hydrogen) atoms. The second kappa shape index (κ2) is 13.7. The van der Waals surface area contributed by atoms with Crippen molar-refractivity contribution >= 4 is 45.4 Å². The van der Waals surface area contributed by atoms with Gasteiger partial charge in [0, 0.05) is 24.2 Å². The molecule has 0 aliphatic carbocycles. The minimum Gasteiger partial charge on any atom is -0.340 e. The molecule has 2 aliphatic heterocycles. The highest BCUT2D eigenvalue weighted by Crippen LogP contribution is 2.35. The Morgan fingerprint density at radius 3 is 1.30 bits per heavy atom. The Morgan fingerprint density at radius 2 is 0.889 bits per heavy atom. The highest BCUT2D eigenvalue weighted by molar-refractivity contribution is 6.43. The third kappa shape index (κ3) is 6.05. The molecule has 2 saturated heterocycles. The van der Waals surface area contributed by atoms with Crippen LogP contribution in [0.25, 0.3) is 44.3 Å². The standard InChI is InChI=1S/C44H36N6O4/c51-39(29-9-3-1-4-10-29)43(53)49-23-7-13-37(49)41-45-33-21-19-31(25-35(33)47-41)27-15-17-28(18-16-27)32-20-22-34-36(26-32)48-42(46-34)38-14-8-24-50(38)44(54)40(52)30-11-5-2-6-12-30/h1-6,9-12,15-22,25-26,37-38H,7-8,13-14,23-24H2,(H,45,47)(H,46,48)/t37-,38-/m0/s1.